The Labute approximate surface area is 206 Å². The third kappa shape index (κ3) is 7.95. The van der Waals surface area contributed by atoms with E-state index in [1.54, 1.807) is 17.0 Å². The molecule has 0 spiro atoms. The van der Waals surface area contributed by atoms with Crippen molar-refractivity contribution in [1.29, 1.82) is 0 Å². The predicted octanol–water partition coefficient (Wildman–Crippen LogP) is 5.07. The van der Waals surface area contributed by atoms with Gasteiger partial charge >= 0.3 is 0 Å². The summed E-state index contributed by atoms with van der Waals surface area (Å²) in [6.45, 7) is 4.44. The second kappa shape index (κ2) is 13.3. The van der Waals surface area contributed by atoms with Crippen molar-refractivity contribution in [2.24, 2.45) is 0 Å². The first-order valence-electron chi connectivity index (χ1n) is 12.0. The molecule has 5 nitrogen and oxygen atoms in total. The molecule has 2 amide bonds. The number of benzene rings is 3. The largest absolute Gasteiger partial charge is 0.481 e. The molecule has 1 N–H and O–H groups in total. The van der Waals surface area contributed by atoms with Crippen LogP contribution in [0.15, 0.2) is 78.9 Å². The van der Waals surface area contributed by atoms with Gasteiger partial charge in [0.25, 0.3) is 5.91 Å². The van der Waals surface area contributed by atoms with E-state index in [4.69, 9.17) is 4.74 Å². The third-order valence-corrected chi connectivity index (χ3v) is 5.72. The van der Waals surface area contributed by atoms with Gasteiger partial charge in [0.15, 0.2) is 18.2 Å². The molecule has 0 aromatic heterocycles. The number of nitrogens with one attached hydrogen (secondary N) is 1. The highest BCUT2D eigenvalue weighted by atomic mass is 19.1. The fourth-order valence-electron chi connectivity index (χ4n) is 3.85. The van der Waals surface area contributed by atoms with Crippen LogP contribution in [0.25, 0.3) is 0 Å². The fraction of sp³-hybridized carbons (Fsp3) is 0.310. The molecule has 3 rings (SSSR count). The van der Waals surface area contributed by atoms with Crippen molar-refractivity contribution in [3.63, 3.8) is 0 Å². The second-order valence-corrected chi connectivity index (χ2v) is 8.58. The highest BCUT2D eigenvalue weighted by Gasteiger charge is 2.30. The molecule has 0 bridgehead atoms. The predicted molar refractivity (Wildman–Crippen MR) is 135 cm³/mol. The van der Waals surface area contributed by atoms with Crippen molar-refractivity contribution in [2.75, 3.05) is 13.2 Å². The zero-order valence-electron chi connectivity index (χ0n) is 20.4. The standard InChI is InChI=1S/C29H33FN2O3/c1-3-4-17-31-29(34)26(19-23-12-6-5-7-13-23)32(20-24-14-10-11-22(2)18-24)28(33)21-35-27-16-9-8-15-25(27)30/h5-16,18,26H,3-4,17,19-21H2,1-2H3,(H,31,34)/t26-/m0/s1. The van der Waals surface area contributed by atoms with Crippen LogP contribution in [0.1, 0.15) is 36.5 Å². The van der Waals surface area contributed by atoms with E-state index in [9.17, 15) is 14.0 Å². The van der Waals surface area contributed by atoms with Gasteiger partial charge in [0, 0.05) is 19.5 Å². The minimum Gasteiger partial charge on any atom is -0.481 e. The number of para-hydroxylation sites is 1. The number of halogens is 1. The Morgan fingerprint density at radius 2 is 1.69 bits per heavy atom. The maximum absolute atomic E-state index is 14.1. The molecule has 0 fully saturated rings. The summed E-state index contributed by atoms with van der Waals surface area (Å²) < 4.78 is 19.6. The summed E-state index contributed by atoms with van der Waals surface area (Å²) in [6.07, 6.45) is 2.16. The van der Waals surface area contributed by atoms with Gasteiger partial charge in [-0.25, -0.2) is 4.39 Å². The van der Waals surface area contributed by atoms with Gasteiger partial charge < -0.3 is 15.0 Å². The lowest BCUT2D eigenvalue weighted by Gasteiger charge is -2.31. The molecule has 0 saturated heterocycles. The molecule has 3 aromatic carbocycles. The Hall–Kier alpha value is -3.67. The van der Waals surface area contributed by atoms with E-state index in [2.05, 4.69) is 12.2 Å². The van der Waals surface area contributed by atoms with E-state index in [0.717, 1.165) is 29.5 Å². The topological polar surface area (TPSA) is 58.6 Å². The van der Waals surface area contributed by atoms with E-state index in [1.165, 1.54) is 12.1 Å². The van der Waals surface area contributed by atoms with Gasteiger partial charge in [-0.05, 0) is 36.6 Å². The summed E-state index contributed by atoms with van der Waals surface area (Å²) in [5, 5.41) is 2.99. The van der Waals surface area contributed by atoms with Crippen molar-refractivity contribution in [3.8, 4) is 5.75 Å². The summed E-state index contributed by atoms with van der Waals surface area (Å²) >= 11 is 0. The third-order valence-electron chi connectivity index (χ3n) is 5.72. The SMILES string of the molecule is CCCCNC(=O)[C@H](Cc1ccccc1)N(Cc1cccc(C)c1)C(=O)COc1ccccc1F. The molecule has 3 aromatic rings. The number of rotatable bonds is 12. The minimum atomic E-state index is -0.744. The molecule has 0 aliphatic carbocycles. The monoisotopic (exact) mass is 476 g/mol. The Balaban J connectivity index is 1.89. The van der Waals surface area contributed by atoms with E-state index < -0.39 is 11.9 Å². The van der Waals surface area contributed by atoms with Gasteiger partial charge in [0.05, 0.1) is 0 Å². The Kier molecular flexibility index (Phi) is 9.84. The Bertz CT molecular complexity index is 1100. The van der Waals surface area contributed by atoms with Gasteiger partial charge in [-0.15, -0.1) is 0 Å². The molecule has 0 aliphatic rings. The van der Waals surface area contributed by atoms with Crippen LogP contribution in [-0.2, 0) is 22.6 Å². The zero-order valence-corrected chi connectivity index (χ0v) is 20.4. The van der Waals surface area contributed by atoms with Crippen LogP contribution in [0, 0.1) is 12.7 Å². The fourth-order valence-corrected chi connectivity index (χ4v) is 3.85. The molecule has 1 atom stereocenters. The van der Waals surface area contributed by atoms with Crippen molar-refractivity contribution in [3.05, 3.63) is 101 Å². The molecule has 35 heavy (non-hydrogen) atoms. The van der Waals surface area contributed by atoms with Crippen molar-refractivity contribution < 1.29 is 18.7 Å². The van der Waals surface area contributed by atoms with E-state index in [-0.39, 0.29) is 30.7 Å². The lowest BCUT2D eigenvalue weighted by atomic mass is 10.0. The number of hydrogen-bond acceptors (Lipinski definition) is 3. The van der Waals surface area contributed by atoms with Gasteiger partial charge in [0.2, 0.25) is 5.91 Å². The van der Waals surface area contributed by atoms with Gasteiger partial charge in [-0.1, -0.05) is 85.6 Å². The zero-order chi connectivity index (χ0) is 25.0. The van der Waals surface area contributed by atoms with Crippen molar-refractivity contribution in [1.82, 2.24) is 10.2 Å². The first kappa shape index (κ1) is 25.9. The van der Waals surface area contributed by atoms with Gasteiger partial charge in [-0.3, -0.25) is 9.59 Å². The number of amides is 2. The molecule has 0 saturated carbocycles. The molecule has 184 valence electrons. The minimum absolute atomic E-state index is 0.00311. The number of unbranched alkanes of at least 4 members (excludes halogenated alkanes) is 1. The number of aryl methyl sites for hydroxylation is 1. The van der Waals surface area contributed by atoms with E-state index in [1.807, 2.05) is 61.5 Å². The molecule has 0 heterocycles. The molecule has 0 unspecified atom stereocenters. The van der Waals surface area contributed by atoms with Crippen LogP contribution in [0.5, 0.6) is 5.75 Å². The maximum Gasteiger partial charge on any atom is 0.261 e. The van der Waals surface area contributed by atoms with Crippen molar-refractivity contribution >= 4 is 11.8 Å². The number of carbonyl (C=O) groups excluding carboxylic acids is 2. The molecule has 0 radical (unpaired) electrons. The smallest absolute Gasteiger partial charge is 0.261 e. The summed E-state index contributed by atoms with van der Waals surface area (Å²) in [4.78, 5) is 28.4. The van der Waals surface area contributed by atoms with Crippen LogP contribution in [0.4, 0.5) is 4.39 Å². The van der Waals surface area contributed by atoms with Crippen LogP contribution >= 0.6 is 0 Å². The molecular formula is C29H33FN2O3. The van der Waals surface area contributed by atoms with Crippen LogP contribution in [-0.4, -0.2) is 35.9 Å². The van der Waals surface area contributed by atoms with Crippen LogP contribution in [0.3, 0.4) is 0 Å². The number of nitrogens with zero attached hydrogens (tertiary/aromatic N) is 1. The highest BCUT2D eigenvalue weighted by Crippen LogP contribution is 2.18. The molecular weight excluding hydrogens is 443 g/mol. The van der Waals surface area contributed by atoms with Crippen LogP contribution in [0.2, 0.25) is 0 Å². The molecule has 6 heteroatoms. The summed E-state index contributed by atoms with van der Waals surface area (Å²) in [5.74, 6) is -1.14. The van der Waals surface area contributed by atoms with Crippen LogP contribution < -0.4 is 10.1 Å². The average molecular weight is 477 g/mol. The molecule has 0 aliphatic heterocycles. The first-order chi connectivity index (χ1) is 17.0. The van der Waals surface area contributed by atoms with Gasteiger partial charge in [-0.2, -0.15) is 0 Å². The summed E-state index contributed by atoms with van der Waals surface area (Å²) in [7, 11) is 0. The average Bonchev–Trinajstić information content (AvgIpc) is 2.86. The van der Waals surface area contributed by atoms with E-state index >= 15 is 0 Å². The number of ether oxygens (including phenoxy) is 1. The normalized spacial score (nSPS) is 11.5. The number of hydrogen-bond donors (Lipinski definition) is 1. The Morgan fingerprint density at radius 1 is 0.971 bits per heavy atom. The van der Waals surface area contributed by atoms with Crippen molar-refractivity contribution in [2.45, 2.75) is 45.7 Å². The summed E-state index contributed by atoms with van der Waals surface area (Å²) in [5.41, 5.74) is 2.91. The van der Waals surface area contributed by atoms with E-state index in [0.29, 0.717) is 13.0 Å². The maximum atomic E-state index is 14.1. The summed E-state index contributed by atoms with van der Waals surface area (Å²) in [6, 6.07) is 22.7. The lowest BCUT2D eigenvalue weighted by Crippen LogP contribution is -2.51. The quantitative estimate of drug-likeness (QED) is 0.372. The lowest BCUT2D eigenvalue weighted by molar-refractivity contribution is -0.142. The van der Waals surface area contributed by atoms with Gasteiger partial charge in [0.1, 0.15) is 6.04 Å². The highest BCUT2D eigenvalue weighted by molar-refractivity contribution is 5.88. The second-order valence-electron chi connectivity index (χ2n) is 8.58. The number of carbonyl (C=O) groups is 2. The first-order valence-corrected chi connectivity index (χ1v) is 12.0. The Morgan fingerprint density at radius 3 is 2.40 bits per heavy atom.